The molecule has 2 saturated carbocycles. The summed E-state index contributed by atoms with van der Waals surface area (Å²) in [4.78, 5) is 11.3. The lowest BCUT2D eigenvalue weighted by atomic mass is 9.84. The minimum atomic E-state index is -0.624. The van der Waals surface area contributed by atoms with Crippen molar-refractivity contribution in [3.05, 3.63) is 0 Å². The van der Waals surface area contributed by atoms with E-state index in [-0.39, 0.29) is 12.0 Å². The Morgan fingerprint density at radius 1 is 1.26 bits per heavy atom. The van der Waals surface area contributed by atoms with Crippen molar-refractivity contribution in [1.29, 1.82) is 0 Å². The topological polar surface area (TPSA) is 67.8 Å². The lowest BCUT2D eigenvalue weighted by Crippen LogP contribution is -2.44. The van der Waals surface area contributed by atoms with Crippen molar-refractivity contribution in [2.24, 2.45) is 17.8 Å². The van der Waals surface area contributed by atoms with Gasteiger partial charge in [-0.2, -0.15) is 0 Å². The van der Waals surface area contributed by atoms with E-state index in [1.807, 2.05) is 0 Å². The fourth-order valence-electron chi connectivity index (χ4n) is 3.63. The lowest BCUT2D eigenvalue weighted by Gasteiger charge is -2.29. The monoisotopic (exact) mass is 271 g/mol. The summed E-state index contributed by atoms with van der Waals surface area (Å²) in [6.07, 6.45) is 4.30. The Balaban J connectivity index is 1.63. The van der Waals surface area contributed by atoms with Gasteiger partial charge in [0.25, 0.3) is 0 Å². The Morgan fingerprint density at radius 2 is 2.05 bits per heavy atom. The van der Waals surface area contributed by atoms with Crippen molar-refractivity contribution in [1.82, 2.24) is 5.32 Å². The van der Waals surface area contributed by atoms with Gasteiger partial charge in [-0.25, -0.2) is 0 Å². The number of fused-ring (bicyclic) bond motifs is 2. The van der Waals surface area contributed by atoms with Gasteiger partial charge in [-0.1, -0.05) is 0 Å². The van der Waals surface area contributed by atoms with Crippen LogP contribution in [0, 0.1) is 17.8 Å². The highest BCUT2D eigenvalue weighted by Crippen LogP contribution is 2.48. The van der Waals surface area contributed by atoms with E-state index in [0.29, 0.717) is 31.7 Å². The van der Waals surface area contributed by atoms with Gasteiger partial charge in [0, 0.05) is 19.8 Å². The predicted octanol–water partition coefficient (Wildman–Crippen LogP) is 1.13. The van der Waals surface area contributed by atoms with E-state index >= 15 is 0 Å². The highest BCUT2D eigenvalue weighted by atomic mass is 16.5. The molecule has 4 unspecified atom stereocenters. The molecule has 0 aromatic heterocycles. The molecule has 0 aliphatic heterocycles. The molecule has 5 nitrogen and oxygen atoms in total. The fraction of sp³-hybridized carbons (Fsp3) is 0.929. The summed E-state index contributed by atoms with van der Waals surface area (Å²) in [5.41, 5.74) is 0. The number of rotatable bonds is 9. The van der Waals surface area contributed by atoms with Crippen LogP contribution in [0.1, 0.15) is 25.7 Å². The molecular weight excluding hydrogens is 246 g/mol. The second-order valence-electron chi connectivity index (χ2n) is 5.64. The third-order valence-electron chi connectivity index (χ3n) is 4.48. The van der Waals surface area contributed by atoms with E-state index in [1.54, 1.807) is 7.11 Å². The van der Waals surface area contributed by atoms with Gasteiger partial charge in [0.15, 0.2) is 0 Å². The van der Waals surface area contributed by atoms with Gasteiger partial charge in [-0.05, 0) is 44.1 Å². The van der Waals surface area contributed by atoms with Crippen molar-refractivity contribution in [2.75, 3.05) is 33.5 Å². The van der Waals surface area contributed by atoms with Crippen LogP contribution in [-0.2, 0) is 14.3 Å². The predicted molar refractivity (Wildman–Crippen MR) is 71.1 cm³/mol. The standard InChI is InChI=1S/C14H25NO4/c1-18-7-8-19-6-2-5-15-13-11-4-3-10(9-11)12(13)14(16)17/h10-13,15H,2-9H2,1H3,(H,16,17). The molecule has 0 aromatic carbocycles. The average Bonchev–Trinajstić information content (AvgIpc) is 2.98. The maximum Gasteiger partial charge on any atom is 0.308 e. The molecular formula is C14H25NO4. The molecule has 2 rings (SSSR count). The van der Waals surface area contributed by atoms with E-state index in [1.165, 1.54) is 6.42 Å². The van der Waals surface area contributed by atoms with E-state index in [2.05, 4.69) is 5.32 Å². The van der Waals surface area contributed by atoms with Crippen LogP contribution in [0.3, 0.4) is 0 Å². The first-order valence-electron chi connectivity index (χ1n) is 7.27. The minimum Gasteiger partial charge on any atom is -0.481 e. The highest BCUT2D eigenvalue weighted by molar-refractivity contribution is 5.72. The van der Waals surface area contributed by atoms with Crippen molar-refractivity contribution in [2.45, 2.75) is 31.7 Å². The number of aliphatic carboxylic acids is 1. The molecule has 0 saturated heterocycles. The highest BCUT2D eigenvalue weighted by Gasteiger charge is 2.50. The summed E-state index contributed by atoms with van der Waals surface area (Å²) >= 11 is 0. The number of carbonyl (C=O) groups is 1. The summed E-state index contributed by atoms with van der Waals surface area (Å²) in [6, 6.07) is 0.176. The van der Waals surface area contributed by atoms with E-state index < -0.39 is 5.97 Å². The molecule has 2 bridgehead atoms. The first-order valence-corrected chi connectivity index (χ1v) is 7.27. The zero-order valence-electron chi connectivity index (χ0n) is 11.6. The molecule has 2 aliphatic carbocycles. The molecule has 2 fully saturated rings. The van der Waals surface area contributed by atoms with Gasteiger partial charge in [-0.15, -0.1) is 0 Å². The van der Waals surface area contributed by atoms with Gasteiger partial charge in [0.05, 0.1) is 19.1 Å². The first kappa shape index (κ1) is 14.8. The second-order valence-corrected chi connectivity index (χ2v) is 5.64. The number of methoxy groups -OCH3 is 1. The largest absolute Gasteiger partial charge is 0.481 e. The van der Waals surface area contributed by atoms with Crippen LogP contribution in [0.15, 0.2) is 0 Å². The third kappa shape index (κ3) is 3.68. The van der Waals surface area contributed by atoms with Crippen LogP contribution in [0.2, 0.25) is 0 Å². The molecule has 0 aromatic rings. The van der Waals surface area contributed by atoms with Crippen molar-refractivity contribution >= 4 is 5.97 Å². The number of carboxylic acid groups (broad SMARTS) is 1. The minimum absolute atomic E-state index is 0.173. The Bertz CT molecular complexity index is 297. The smallest absolute Gasteiger partial charge is 0.308 e. The molecule has 0 heterocycles. The van der Waals surface area contributed by atoms with Gasteiger partial charge in [0.2, 0.25) is 0 Å². The van der Waals surface area contributed by atoms with Gasteiger partial charge < -0.3 is 19.9 Å². The fourth-order valence-corrected chi connectivity index (χ4v) is 3.63. The molecule has 19 heavy (non-hydrogen) atoms. The summed E-state index contributed by atoms with van der Waals surface area (Å²) < 4.78 is 10.3. The Kier molecular flexibility index (Phi) is 5.60. The van der Waals surface area contributed by atoms with Crippen LogP contribution < -0.4 is 5.32 Å². The van der Waals surface area contributed by atoms with Crippen LogP contribution in [0.25, 0.3) is 0 Å². The Hall–Kier alpha value is -0.650. The lowest BCUT2D eigenvalue weighted by molar-refractivity contribution is -0.144. The van der Waals surface area contributed by atoms with Gasteiger partial charge in [-0.3, -0.25) is 4.79 Å². The Labute approximate surface area is 114 Å². The molecule has 4 atom stereocenters. The van der Waals surface area contributed by atoms with E-state index in [0.717, 1.165) is 25.8 Å². The summed E-state index contributed by atoms with van der Waals surface area (Å²) in [5.74, 6) is 0.174. The number of ether oxygens (including phenoxy) is 2. The summed E-state index contributed by atoms with van der Waals surface area (Å²) in [5, 5.41) is 12.8. The first-order chi connectivity index (χ1) is 9.24. The molecule has 2 aliphatic rings. The summed E-state index contributed by atoms with van der Waals surface area (Å²) in [7, 11) is 1.66. The zero-order chi connectivity index (χ0) is 13.7. The van der Waals surface area contributed by atoms with Crippen molar-refractivity contribution < 1.29 is 19.4 Å². The quantitative estimate of drug-likeness (QED) is 0.615. The van der Waals surface area contributed by atoms with E-state index in [9.17, 15) is 9.90 Å². The molecule has 0 spiro atoms. The van der Waals surface area contributed by atoms with Crippen LogP contribution in [-0.4, -0.2) is 50.6 Å². The van der Waals surface area contributed by atoms with Crippen LogP contribution in [0.5, 0.6) is 0 Å². The Morgan fingerprint density at radius 3 is 2.79 bits per heavy atom. The number of hydrogen-bond acceptors (Lipinski definition) is 4. The molecule has 0 amide bonds. The van der Waals surface area contributed by atoms with Crippen molar-refractivity contribution in [3.8, 4) is 0 Å². The zero-order valence-corrected chi connectivity index (χ0v) is 11.6. The SMILES string of the molecule is COCCOCCCNC1C2CCC(C2)C1C(=O)O. The molecule has 2 N–H and O–H groups in total. The number of nitrogens with one attached hydrogen (secondary N) is 1. The molecule has 0 radical (unpaired) electrons. The van der Waals surface area contributed by atoms with Gasteiger partial charge in [0.1, 0.15) is 0 Å². The van der Waals surface area contributed by atoms with Crippen molar-refractivity contribution in [3.63, 3.8) is 0 Å². The van der Waals surface area contributed by atoms with Gasteiger partial charge >= 0.3 is 5.97 Å². The summed E-state index contributed by atoms with van der Waals surface area (Å²) in [6.45, 7) is 2.79. The maximum atomic E-state index is 11.3. The second kappa shape index (κ2) is 7.22. The number of carboxylic acids is 1. The normalized spacial score (nSPS) is 32.9. The average molecular weight is 271 g/mol. The van der Waals surface area contributed by atoms with Crippen LogP contribution >= 0.6 is 0 Å². The third-order valence-corrected chi connectivity index (χ3v) is 4.48. The van der Waals surface area contributed by atoms with Crippen LogP contribution in [0.4, 0.5) is 0 Å². The molecule has 110 valence electrons. The maximum absolute atomic E-state index is 11.3. The van der Waals surface area contributed by atoms with E-state index in [4.69, 9.17) is 9.47 Å². The molecule has 5 heteroatoms. The number of hydrogen-bond donors (Lipinski definition) is 2.